The second-order valence-electron chi connectivity index (χ2n) is 0.913. The van der Waals surface area contributed by atoms with Crippen LogP contribution in [0.2, 0.25) is 0 Å². The lowest BCUT2D eigenvalue weighted by Gasteiger charge is -1.69. The maximum Gasteiger partial charge on any atom is 0.344 e. The summed E-state index contributed by atoms with van der Waals surface area (Å²) in [6, 6.07) is 0. The lowest BCUT2D eigenvalue weighted by atomic mass is 10.4. The van der Waals surface area contributed by atoms with Gasteiger partial charge in [0.1, 0.15) is 0 Å². The highest BCUT2D eigenvalue weighted by atomic mass is 16.1. The number of hydrogen-bond donors (Lipinski definition) is 1. The van der Waals surface area contributed by atoms with Crippen molar-refractivity contribution in [1.29, 1.82) is 0 Å². The van der Waals surface area contributed by atoms with Crippen LogP contribution in [0.25, 0.3) is 5.53 Å². The summed E-state index contributed by atoms with van der Waals surface area (Å²) in [7, 11) is 0. The predicted octanol–water partition coefficient (Wildman–Crippen LogP) is -1.19. The number of aldehydes is 1. The van der Waals surface area contributed by atoms with E-state index >= 15 is 0 Å². The van der Waals surface area contributed by atoms with Gasteiger partial charge in [-0.3, -0.25) is 4.79 Å². The zero-order valence-corrected chi connectivity index (χ0v) is 3.66. The smallest absolute Gasteiger partial charge is 0.344 e. The third kappa shape index (κ3) is 1.81. The maximum absolute atomic E-state index is 9.60. The molecule has 0 rings (SSSR count). The number of hydrogen-bond acceptors (Lipinski definition) is 2. The Bertz CT molecular complexity index is 113. The minimum atomic E-state index is -0.0417. The minimum absolute atomic E-state index is 0.0139. The normalized spacial score (nSPS) is 7.00. The number of carbonyl (C=O) groups is 1. The molecule has 7 heavy (non-hydrogen) atoms. The molecule has 4 nitrogen and oxygen atoms in total. The van der Waals surface area contributed by atoms with Gasteiger partial charge in [-0.25, -0.2) is 0 Å². The molecule has 2 N–H and O–H groups in total. The Kier molecular flexibility index (Phi) is 2.76. The van der Waals surface area contributed by atoms with E-state index in [0.29, 0.717) is 6.29 Å². The highest BCUT2D eigenvalue weighted by molar-refractivity contribution is 6.26. The van der Waals surface area contributed by atoms with E-state index < -0.39 is 0 Å². The van der Waals surface area contributed by atoms with Crippen molar-refractivity contribution in [1.82, 2.24) is 0 Å². The van der Waals surface area contributed by atoms with Gasteiger partial charge in [0, 0.05) is 0 Å². The molecule has 0 aromatic heterocycles. The van der Waals surface area contributed by atoms with Crippen LogP contribution in [0, 0.1) is 0 Å². The van der Waals surface area contributed by atoms with Crippen LogP contribution in [0.3, 0.4) is 0 Å². The number of rotatable bonds is 2. The average molecular weight is 99.1 g/mol. The van der Waals surface area contributed by atoms with Crippen LogP contribution in [0.15, 0.2) is 0 Å². The summed E-state index contributed by atoms with van der Waals surface area (Å²) in [6.07, 6.45) is 0.403. The molecule has 0 bridgehead atoms. The van der Waals surface area contributed by atoms with Crippen molar-refractivity contribution in [2.45, 2.75) is 0 Å². The van der Waals surface area contributed by atoms with Crippen LogP contribution in [0.5, 0.6) is 0 Å². The van der Waals surface area contributed by atoms with Crippen molar-refractivity contribution in [3.63, 3.8) is 0 Å². The van der Waals surface area contributed by atoms with E-state index in [1.54, 1.807) is 0 Å². The van der Waals surface area contributed by atoms with E-state index in [0.717, 1.165) is 0 Å². The standard InChI is InChI=1S/C3H5N3O/c4-1-3(2-7)6-5/h2H,1,4H2. The fourth-order valence-electron chi connectivity index (χ4n) is 0.113. The van der Waals surface area contributed by atoms with Gasteiger partial charge in [-0.1, -0.05) is 0 Å². The molecule has 0 saturated carbocycles. The van der Waals surface area contributed by atoms with E-state index in [1.807, 2.05) is 0 Å². The molecule has 0 heterocycles. The molecule has 0 atom stereocenters. The Labute approximate surface area is 40.6 Å². The van der Waals surface area contributed by atoms with Gasteiger partial charge in [0.05, 0.1) is 6.54 Å². The summed E-state index contributed by atoms with van der Waals surface area (Å²) in [6.45, 7) is -0.0139. The third-order valence-corrected chi connectivity index (χ3v) is 0.474. The molecule has 0 radical (unpaired) electrons. The molecule has 0 aromatic rings. The zero-order valence-electron chi connectivity index (χ0n) is 3.66. The van der Waals surface area contributed by atoms with Crippen molar-refractivity contribution >= 4 is 12.0 Å². The van der Waals surface area contributed by atoms with Gasteiger partial charge in [0.15, 0.2) is 0 Å². The van der Waals surface area contributed by atoms with E-state index in [9.17, 15) is 4.79 Å². The Morgan fingerprint density at radius 2 is 2.57 bits per heavy atom. The molecule has 0 amide bonds. The summed E-state index contributed by atoms with van der Waals surface area (Å²) < 4.78 is 0. The fraction of sp³-hybridized carbons (Fsp3) is 0.333. The molecule has 38 valence electrons. The van der Waals surface area contributed by atoms with Crippen LogP contribution in [0.4, 0.5) is 0 Å². The highest BCUT2D eigenvalue weighted by Crippen LogP contribution is 1.51. The van der Waals surface area contributed by atoms with Crippen LogP contribution >= 0.6 is 0 Å². The second kappa shape index (κ2) is 3.21. The van der Waals surface area contributed by atoms with Gasteiger partial charge < -0.3 is 11.3 Å². The van der Waals surface area contributed by atoms with Crippen LogP contribution in [-0.4, -0.2) is 23.3 Å². The number of nitrogens with two attached hydrogens (primary N) is 1. The Morgan fingerprint density at radius 3 is 2.57 bits per heavy atom. The SMILES string of the molecule is [N-]=[N+]=C(C=O)CN. The van der Waals surface area contributed by atoms with Gasteiger partial charge >= 0.3 is 5.71 Å². The monoisotopic (exact) mass is 99.0 g/mol. The van der Waals surface area contributed by atoms with Crippen molar-refractivity contribution < 1.29 is 9.58 Å². The first-order valence-corrected chi connectivity index (χ1v) is 1.71. The number of nitrogens with zero attached hydrogens (tertiary/aromatic N) is 2. The summed E-state index contributed by atoms with van der Waals surface area (Å²) in [5, 5.41) is 0. The third-order valence-electron chi connectivity index (χ3n) is 0.474. The minimum Gasteiger partial charge on any atom is -0.361 e. The predicted molar refractivity (Wildman–Crippen MR) is 23.7 cm³/mol. The van der Waals surface area contributed by atoms with E-state index in [4.69, 9.17) is 11.3 Å². The molecule has 0 fully saturated rings. The highest BCUT2D eigenvalue weighted by Gasteiger charge is 1.97. The molecule has 0 aliphatic carbocycles. The van der Waals surface area contributed by atoms with Crippen LogP contribution in [0.1, 0.15) is 0 Å². The first kappa shape index (κ1) is 6.01. The van der Waals surface area contributed by atoms with Gasteiger partial charge in [0.25, 0.3) is 0 Å². The maximum atomic E-state index is 9.60. The van der Waals surface area contributed by atoms with Crippen molar-refractivity contribution in [3.05, 3.63) is 5.53 Å². The van der Waals surface area contributed by atoms with Crippen molar-refractivity contribution in [3.8, 4) is 0 Å². The summed E-state index contributed by atoms with van der Waals surface area (Å²) >= 11 is 0. The molecule has 0 aliphatic heterocycles. The van der Waals surface area contributed by atoms with E-state index in [2.05, 4.69) is 4.79 Å². The number of carbonyl (C=O) groups excluding carboxylic acids is 1. The topological polar surface area (TPSA) is 79.5 Å². The summed E-state index contributed by atoms with van der Waals surface area (Å²) in [5.41, 5.74) is 12.6. The van der Waals surface area contributed by atoms with Gasteiger partial charge in [-0.15, -0.1) is 0 Å². The molecule has 0 saturated heterocycles. The summed E-state index contributed by atoms with van der Waals surface area (Å²) in [4.78, 5) is 12.1. The molecular formula is C3H5N3O. The van der Waals surface area contributed by atoms with Crippen molar-refractivity contribution in [2.24, 2.45) is 5.73 Å². The fourth-order valence-corrected chi connectivity index (χ4v) is 0.113. The molecule has 0 aromatic carbocycles. The van der Waals surface area contributed by atoms with Gasteiger partial charge in [0.2, 0.25) is 6.29 Å². The van der Waals surface area contributed by atoms with Crippen LogP contribution < -0.4 is 5.73 Å². The Hall–Kier alpha value is -0.990. The quantitative estimate of drug-likeness (QED) is 0.204. The van der Waals surface area contributed by atoms with Gasteiger partial charge in [-0.2, -0.15) is 4.79 Å². The lowest BCUT2D eigenvalue weighted by Crippen LogP contribution is -2.15. The van der Waals surface area contributed by atoms with E-state index in [-0.39, 0.29) is 12.3 Å². The van der Waals surface area contributed by atoms with E-state index in [1.165, 1.54) is 0 Å². The molecule has 0 aliphatic rings. The second-order valence-corrected chi connectivity index (χ2v) is 0.913. The first-order valence-electron chi connectivity index (χ1n) is 1.71. The van der Waals surface area contributed by atoms with Crippen LogP contribution in [-0.2, 0) is 4.79 Å². The first-order chi connectivity index (χ1) is 3.35. The Morgan fingerprint density at radius 1 is 2.00 bits per heavy atom. The largest absolute Gasteiger partial charge is 0.361 e. The summed E-state index contributed by atoms with van der Waals surface area (Å²) in [5.74, 6) is 0. The molecule has 0 spiro atoms. The van der Waals surface area contributed by atoms with Crippen molar-refractivity contribution in [2.75, 3.05) is 6.54 Å². The zero-order chi connectivity index (χ0) is 5.70. The Balaban J connectivity index is 3.86. The molecule has 0 unspecified atom stereocenters. The van der Waals surface area contributed by atoms with Gasteiger partial charge in [-0.05, 0) is 0 Å². The molecule has 4 heteroatoms. The molecular weight excluding hydrogens is 94.1 g/mol. The lowest BCUT2D eigenvalue weighted by molar-refractivity contribution is -0.106. The average Bonchev–Trinajstić information content (AvgIpc) is 1.72.